The number of amides is 2. The summed E-state index contributed by atoms with van der Waals surface area (Å²) in [4.78, 5) is 21.2. The van der Waals surface area contributed by atoms with E-state index < -0.39 is 0 Å². The van der Waals surface area contributed by atoms with Gasteiger partial charge in [0.2, 0.25) is 0 Å². The third-order valence-corrected chi connectivity index (χ3v) is 6.15. The van der Waals surface area contributed by atoms with Crippen LogP contribution in [0.5, 0.6) is 0 Å². The van der Waals surface area contributed by atoms with Gasteiger partial charge in [-0.15, -0.1) is 0 Å². The molecule has 1 N–H and O–H groups in total. The number of aromatic nitrogens is 1. The molecule has 5 heteroatoms. The van der Waals surface area contributed by atoms with Crippen molar-refractivity contribution in [3.05, 3.63) is 30.1 Å². The Labute approximate surface area is 144 Å². The van der Waals surface area contributed by atoms with Crippen molar-refractivity contribution >= 4 is 6.03 Å². The molecule has 3 aliphatic rings. The molecule has 1 aromatic rings. The summed E-state index contributed by atoms with van der Waals surface area (Å²) >= 11 is 0. The number of hydrogen-bond donors (Lipinski definition) is 1. The Morgan fingerprint density at radius 3 is 2.71 bits per heavy atom. The molecule has 1 saturated heterocycles. The fourth-order valence-corrected chi connectivity index (χ4v) is 4.87. The Morgan fingerprint density at radius 1 is 1.17 bits per heavy atom. The van der Waals surface area contributed by atoms with Crippen molar-refractivity contribution in [2.45, 2.75) is 38.1 Å². The summed E-state index contributed by atoms with van der Waals surface area (Å²) in [5.41, 5.74) is 1.03. The lowest BCUT2D eigenvalue weighted by Crippen LogP contribution is -2.55. The molecule has 1 aromatic heterocycles. The molecule has 2 amide bonds. The standard InChI is InChI=1S/C19H28N4O/c24-19(21-8-6-17-3-1-2-7-20-17)23-11-9-22(10-12-23)18-14-15-4-5-16(18)13-15/h1-3,7,15-16,18H,4-6,8-14H2,(H,21,24)/t15-,16+,18-/m0/s1. The number of nitrogens with one attached hydrogen (secondary N) is 1. The molecule has 3 fully saturated rings. The van der Waals surface area contributed by atoms with Crippen LogP contribution in [0.15, 0.2) is 24.4 Å². The van der Waals surface area contributed by atoms with E-state index in [1.807, 2.05) is 23.1 Å². The van der Waals surface area contributed by atoms with Gasteiger partial charge in [-0.05, 0) is 43.2 Å². The number of rotatable bonds is 4. The van der Waals surface area contributed by atoms with Crippen LogP contribution in [0.1, 0.15) is 31.4 Å². The van der Waals surface area contributed by atoms with Crippen LogP contribution in [0.3, 0.4) is 0 Å². The van der Waals surface area contributed by atoms with Gasteiger partial charge in [0.25, 0.3) is 0 Å². The Hall–Kier alpha value is -1.62. The van der Waals surface area contributed by atoms with Crippen molar-refractivity contribution in [3.63, 3.8) is 0 Å². The first kappa shape index (κ1) is 15.9. The molecule has 130 valence electrons. The summed E-state index contributed by atoms with van der Waals surface area (Å²) in [6.07, 6.45) is 8.34. The van der Waals surface area contributed by atoms with Crippen LogP contribution < -0.4 is 5.32 Å². The van der Waals surface area contributed by atoms with Crippen LogP contribution in [0.4, 0.5) is 4.79 Å². The monoisotopic (exact) mass is 328 g/mol. The largest absolute Gasteiger partial charge is 0.338 e. The predicted molar refractivity (Wildman–Crippen MR) is 93.7 cm³/mol. The highest BCUT2D eigenvalue weighted by molar-refractivity contribution is 5.74. The molecule has 2 bridgehead atoms. The fraction of sp³-hybridized carbons (Fsp3) is 0.684. The molecular weight excluding hydrogens is 300 g/mol. The van der Waals surface area contributed by atoms with E-state index in [1.54, 1.807) is 6.20 Å². The van der Waals surface area contributed by atoms with Crippen LogP contribution in [0.25, 0.3) is 0 Å². The molecule has 4 rings (SSSR count). The highest BCUT2D eigenvalue weighted by Gasteiger charge is 2.42. The van der Waals surface area contributed by atoms with Gasteiger partial charge in [-0.3, -0.25) is 9.88 Å². The van der Waals surface area contributed by atoms with Crippen molar-refractivity contribution in [2.24, 2.45) is 11.8 Å². The predicted octanol–water partition coefficient (Wildman–Crippen LogP) is 2.14. The Balaban J connectivity index is 1.19. The summed E-state index contributed by atoms with van der Waals surface area (Å²) in [5.74, 6) is 1.93. The number of carbonyl (C=O) groups is 1. The summed E-state index contributed by atoms with van der Waals surface area (Å²) in [6.45, 7) is 4.47. The van der Waals surface area contributed by atoms with E-state index in [2.05, 4.69) is 15.2 Å². The molecule has 0 radical (unpaired) electrons. The van der Waals surface area contributed by atoms with Crippen molar-refractivity contribution < 1.29 is 4.79 Å². The number of urea groups is 1. The minimum atomic E-state index is 0.0820. The third kappa shape index (κ3) is 3.41. The Kier molecular flexibility index (Phi) is 4.69. The molecule has 0 aromatic carbocycles. The zero-order chi connectivity index (χ0) is 16.4. The van der Waals surface area contributed by atoms with Crippen LogP contribution in [-0.4, -0.2) is 59.6 Å². The second-order valence-corrected chi connectivity index (χ2v) is 7.57. The maximum absolute atomic E-state index is 12.3. The van der Waals surface area contributed by atoms with Gasteiger partial charge in [0.05, 0.1) is 0 Å². The average molecular weight is 328 g/mol. The van der Waals surface area contributed by atoms with E-state index in [9.17, 15) is 4.79 Å². The summed E-state index contributed by atoms with van der Waals surface area (Å²) < 4.78 is 0. The van der Waals surface area contributed by atoms with Gasteiger partial charge in [-0.2, -0.15) is 0 Å². The van der Waals surface area contributed by atoms with Crippen LogP contribution in [0.2, 0.25) is 0 Å². The quantitative estimate of drug-likeness (QED) is 0.921. The Morgan fingerprint density at radius 2 is 2.04 bits per heavy atom. The molecular formula is C19H28N4O. The van der Waals surface area contributed by atoms with Crippen molar-refractivity contribution in [2.75, 3.05) is 32.7 Å². The lowest BCUT2D eigenvalue weighted by molar-refractivity contribution is 0.0828. The SMILES string of the molecule is O=C(NCCc1ccccn1)N1CCN([C@H]2C[C@H]3CC[C@@H]2C3)CC1. The first-order chi connectivity index (χ1) is 11.8. The summed E-state index contributed by atoms with van der Waals surface area (Å²) in [6, 6.07) is 6.79. The smallest absolute Gasteiger partial charge is 0.317 e. The fourth-order valence-electron chi connectivity index (χ4n) is 4.87. The molecule has 24 heavy (non-hydrogen) atoms. The minimum absolute atomic E-state index is 0.0820. The molecule has 1 aliphatic heterocycles. The topological polar surface area (TPSA) is 48.5 Å². The normalized spacial score (nSPS) is 29.8. The van der Waals surface area contributed by atoms with E-state index >= 15 is 0 Å². The number of piperazine rings is 1. The minimum Gasteiger partial charge on any atom is -0.338 e. The van der Waals surface area contributed by atoms with E-state index in [1.165, 1.54) is 25.7 Å². The first-order valence-corrected chi connectivity index (χ1v) is 9.46. The number of carbonyl (C=O) groups excluding carboxylic acids is 1. The van der Waals surface area contributed by atoms with Crippen molar-refractivity contribution in [1.29, 1.82) is 0 Å². The second kappa shape index (κ2) is 7.09. The highest BCUT2D eigenvalue weighted by Crippen LogP contribution is 2.46. The van der Waals surface area contributed by atoms with E-state index in [-0.39, 0.29) is 6.03 Å². The number of nitrogens with zero attached hydrogens (tertiary/aromatic N) is 3. The maximum atomic E-state index is 12.3. The molecule has 2 saturated carbocycles. The van der Waals surface area contributed by atoms with Gasteiger partial charge in [0.15, 0.2) is 0 Å². The van der Waals surface area contributed by atoms with E-state index in [4.69, 9.17) is 0 Å². The Bertz CT molecular complexity index is 556. The van der Waals surface area contributed by atoms with Gasteiger partial charge in [0.1, 0.15) is 0 Å². The summed E-state index contributed by atoms with van der Waals surface area (Å²) in [7, 11) is 0. The van der Waals surface area contributed by atoms with Gasteiger partial charge in [-0.25, -0.2) is 4.79 Å². The third-order valence-electron chi connectivity index (χ3n) is 6.15. The summed E-state index contributed by atoms with van der Waals surface area (Å²) in [5, 5.41) is 3.04. The number of hydrogen-bond acceptors (Lipinski definition) is 3. The lowest BCUT2D eigenvalue weighted by atomic mass is 9.93. The maximum Gasteiger partial charge on any atom is 0.317 e. The van der Waals surface area contributed by atoms with Gasteiger partial charge in [-0.1, -0.05) is 12.5 Å². The van der Waals surface area contributed by atoms with Crippen LogP contribution in [-0.2, 0) is 6.42 Å². The van der Waals surface area contributed by atoms with Crippen molar-refractivity contribution in [3.8, 4) is 0 Å². The van der Waals surface area contributed by atoms with E-state index in [0.717, 1.165) is 56.2 Å². The first-order valence-electron chi connectivity index (χ1n) is 9.46. The van der Waals surface area contributed by atoms with Gasteiger partial charge < -0.3 is 10.2 Å². The average Bonchev–Trinajstić information content (AvgIpc) is 3.26. The second-order valence-electron chi connectivity index (χ2n) is 7.57. The van der Waals surface area contributed by atoms with E-state index in [0.29, 0.717) is 6.54 Å². The highest BCUT2D eigenvalue weighted by atomic mass is 16.2. The zero-order valence-electron chi connectivity index (χ0n) is 14.4. The van der Waals surface area contributed by atoms with Crippen LogP contribution >= 0.6 is 0 Å². The molecule has 0 spiro atoms. The lowest BCUT2D eigenvalue weighted by Gasteiger charge is -2.40. The van der Waals surface area contributed by atoms with Crippen LogP contribution in [0, 0.1) is 11.8 Å². The van der Waals surface area contributed by atoms with Gasteiger partial charge >= 0.3 is 6.03 Å². The molecule has 3 atom stereocenters. The molecule has 2 heterocycles. The van der Waals surface area contributed by atoms with Gasteiger partial charge in [0, 0.05) is 57.1 Å². The number of fused-ring (bicyclic) bond motifs is 2. The number of pyridine rings is 1. The molecule has 0 unspecified atom stereocenters. The molecule has 2 aliphatic carbocycles. The van der Waals surface area contributed by atoms with Crippen molar-refractivity contribution in [1.82, 2.24) is 20.1 Å². The zero-order valence-corrected chi connectivity index (χ0v) is 14.4. The molecule has 5 nitrogen and oxygen atoms in total.